The third-order valence-corrected chi connectivity index (χ3v) is 12.6. The summed E-state index contributed by atoms with van der Waals surface area (Å²) in [4.78, 5) is 29.6. The number of methoxy groups -OCH3 is 2. The predicted octanol–water partition coefficient (Wildman–Crippen LogP) is 10.9. The van der Waals surface area contributed by atoms with Gasteiger partial charge in [0, 0.05) is 38.2 Å². The molecule has 0 aliphatic rings. The lowest BCUT2D eigenvalue weighted by atomic mass is 10.00. The maximum Gasteiger partial charge on any atom is 0.309 e. The lowest BCUT2D eigenvalue weighted by Gasteiger charge is -2.18. The molecule has 0 unspecified atom stereocenters. The summed E-state index contributed by atoms with van der Waals surface area (Å²) < 4.78 is 51.2. The number of sulfonamides is 1. The van der Waals surface area contributed by atoms with Gasteiger partial charge in [0.05, 0.1) is 37.8 Å². The summed E-state index contributed by atoms with van der Waals surface area (Å²) in [5.41, 5.74) is 16.2. The average molecular weight is 886 g/mol. The van der Waals surface area contributed by atoms with Gasteiger partial charge in [-0.05, 0) is 142 Å². The molecule has 0 saturated heterocycles. The molecule has 5 N–H and O–H groups in total. The number of aromatic amines is 2. The van der Waals surface area contributed by atoms with Crippen molar-refractivity contribution in [2.45, 2.75) is 59.3 Å². The van der Waals surface area contributed by atoms with Crippen molar-refractivity contribution in [3.8, 4) is 23.0 Å². The van der Waals surface area contributed by atoms with Crippen LogP contribution in [0.3, 0.4) is 0 Å². The number of nitrogens with one attached hydrogen (secondary N) is 3. The Bertz CT molecular complexity index is 2940. The van der Waals surface area contributed by atoms with Crippen molar-refractivity contribution in [3.05, 3.63) is 134 Å². The molecule has 0 bridgehead atoms. The molecular formula is C46H46Cl2N4O8S. The average Bonchev–Trinajstić information content (AvgIpc) is 3.80. The second kappa shape index (κ2) is 18.2. The van der Waals surface area contributed by atoms with E-state index in [2.05, 4.69) is 14.7 Å². The Labute approximate surface area is 364 Å². The standard InChI is InChI=1S/C26H24Cl2N2O5S.C20H22N2O3/c1-14-11-19-21(29-14)7-9-23(26(19)30-36(32,33)24-10-6-18(27)13-20(24)28)35-22-8-5-17(12-25(31)34-4)15(2)16(22)3;1-11-9-15-16(22-11)6-8-18(20(15)21)25-17-7-5-14(10-19(23)24-4)12(2)13(17)3/h5-11,13,29-30H,12H2,1-4H3;5-9,22H,10,21H2,1-4H3. The van der Waals surface area contributed by atoms with Crippen LogP contribution in [0.1, 0.15) is 44.8 Å². The van der Waals surface area contributed by atoms with Gasteiger partial charge in [0.1, 0.15) is 22.1 Å². The number of fused-ring (bicyclic) bond motifs is 2. The molecule has 7 rings (SSSR count). The van der Waals surface area contributed by atoms with Gasteiger partial charge in [-0.3, -0.25) is 14.3 Å². The van der Waals surface area contributed by atoms with Crippen molar-refractivity contribution in [3.63, 3.8) is 0 Å². The Morgan fingerprint density at radius 2 is 1.10 bits per heavy atom. The lowest BCUT2D eigenvalue weighted by Crippen LogP contribution is -2.14. The van der Waals surface area contributed by atoms with E-state index >= 15 is 0 Å². The number of nitrogens with two attached hydrogens (primary N) is 1. The molecule has 0 aliphatic heterocycles. The largest absolute Gasteiger partial charge is 0.469 e. The number of carbonyl (C=O) groups excluding carboxylic acids is 2. The first-order valence-electron chi connectivity index (χ1n) is 19.1. The lowest BCUT2D eigenvalue weighted by molar-refractivity contribution is -0.140. The molecule has 0 amide bonds. The summed E-state index contributed by atoms with van der Waals surface area (Å²) in [6, 6.07) is 22.7. The Kier molecular flexibility index (Phi) is 13.3. The summed E-state index contributed by atoms with van der Waals surface area (Å²) >= 11 is 12.1. The quantitative estimate of drug-likeness (QED) is 0.0728. The van der Waals surface area contributed by atoms with Crippen LogP contribution in [0.15, 0.2) is 83.8 Å². The zero-order chi connectivity index (χ0) is 44.3. The second-order valence-corrected chi connectivity index (χ2v) is 17.1. The molecule has 318 valence electrons. The highest BCUT2D eigenvalue weighted by Gasteiger charge is 2.24. The Morgan fingerprint density at radius 1 is 0.623 bits per heavy atom. The molecule has 0 aliphatic carbocycles. The number of aryl methyl sites for hydroxylation is 2. The van der Waals surface area contributed by atoms with Gasteiger partial charge >= 0.3 is 11.9 Å². The summed E-state index contributed by atoms with van der Waals surface area (Å²) in [5, 5.41) is 1.91. The predicted molar refractivity (Wildman–Crippen MR) is 241 cm³/mol. The SMILES string of the molecule is COC(=O)Cc1ccc(Oc2ccc3[nH]c(C)cc3c2N)c(C)c1C.COC(=O)Cc1ccc(Oc2ccc3[nH]c(C)cc3c2NS(=O)(=O)c2ccc(Cl)cc2Cl)c(C)c1C. The van der Waals surface area contributed by atoms with E-state index in [1.165, 1.54) is 32.4 Å². The number of hydrogen-bond donors (Lipinski definition) is 4. The third kappa shape index (κ3) is 9.75. The zero-order valence-electron chi connectivity index (χ0n) is 34.9. The van der Waals surface area contributed by atoms with Crippen molar-refractivity contribution < 1.29 is 37.0 Å². The fraction of sp³-hybridized carbons (Fsp3) is 0.217. The van der Waals surface area contributed by atoms with Crippen LogP contribution in [0, 0.1) is 41.5 Å². The maximum absolute atomic E-state index is 13.3. The Hall–Kier alpha value is -6.15. The van der Waals surface area contributed by atoms with Gasteiger partial charge in [-0.1, -0.05) is 35.3 Å². The molecule has 12 nitrogen and oxygen atoms in total. The minimum atomic E-state index is -4.09. The number of anilines is 2. The number of aromatic nitrogens is 2. The minimum Gasteiger partial charge on any atom is -0.469 e. The van der Waals surface area contributed by atoms with Gasteiger partial charge < -0.3 is 34.6 Å². The van der Waals surface area contributed by atoms with Gasteiger partial charge in [0.25, 0.3) is 10.0 Å². The van der Waals surface area contributed by atoms with E-state index in [-0.39, 0.29) is 40.4 Å². The number of carbonyl (C=O) groups is 2. The van der Waals surface area contributed by atoms with Crippen LogP contribution in [0.5, 0.6) is 23.0 Å². The van der Waals surface area contributed by atoms with Gasteiger partial charge in [-0.25, -0.2) is 8.42 Å². The van der Waals surface area contributed by atoms with Gasteiger partial charge in [-0.2, -0.15) is 0 Å². The molecule has 15 heteroatoms. The maximum atomic E-state index is 13.3. The summed E-state index contributed by atoms with van der Waals surface area (Å²) in [7, 11) is -1.34. The molecule has 0 spiro atoms. The van der Waals surface area contributed by atoms with Crippen molar-refractivity contribution in [1.82, 2.24) is 9.97 Å². The number of halogens is 2. The number of esters is 2. The summed E-state index contributed by atoms with van der Waals surface area (Å²) in [6.45, 7) is 11.6. The molecule has 2 aromatic heterocycles. The molecule has 0 fully saturated rings. The number of hydrogen-bond acceptors (Lipinski definition) is 9. The highest BCUT2D eigenvalue weighted by molar-refractivity contribution is 7.92. The smallest absolute Gasteiger partial charge is 0.309 e. The third-order valence-electron chi connectivity index (χ3n) is 10.5. The second-order valence-electron chi connectivity index (χ2n) is 14.6. The van der Waals surface area contributed by atoms with Crippen molar-refractivity contribution in [1.29, 1.82) is 0 Å². The molecule has 2 heterocycles. The molecule has 0 radical (unpaired) electrons. The van der Waals surface area contributed by atoms with E-state index in [0.29, 0.717) is 33.3 Å². The zero-order valence-corrected chi connectivity index (χ0v) is 37.3. The van der Waals surface area contributed by atoms with Crippen LogP contribution in [0.4, 0.5) is 11.4 Å². The molecular weight excluding hydrogens is 839 g/mol. The molecule has 5 aromatic carbocycles. The molecule has 7 aromatic rings. The highest BCUT2D eigenvalue weighted by Crippen LogP contribution is 2.41. The van der Waals surface area contributed by atoms with E-state index in [4.69, 9.17) is 47.9 Å². The number of rotatable bonds is 11. The fourth-order valence-electron chi connectivity index (χ4n) is 6.83. The van der Waals surface area contributed by atoms with Gasteiger partial charge in [0.2, 0.25) is 0 Å². The van der Waals surface area contributed by atoms with Gasteiger partial charge in [-0.15, -0.1) is 0 Å². The number of nitrogen functional groups attached to an aromatic ring is 1. The first-order valence-corrected chi connectivity index (χ1v) is 21.3. The molecule has 61 heavy (non-hydrogen) atoms. The summed E-state index contributed by atoms with van der Waals surface area (Å²) in [5.74, 6) is 1.58. The fourth-order valence-corrected chi connectivity index (χ4v) is 8.70. The van der Waals surface area contributed by atoms with E-state index in [9.17, 15) is 18.0 Å². The Morgan fingerprint density at radius 3 is 1.62 bits per heavy atom. The number of benzene rings is 5. The number of ether oxygens (including phenoxy) is 4. The molecule has 0 saturated carbocycles. The van der Waals surface area contributed by atoms with E-state index < -0.39 is 10.0 Å². The first-order chi connectivity index (χ1) is 28.9. The van der Waals surface area contributed by atoms with E-state index in [1.807, 2.05) is 84.0 Å². The summed E-state index contributed by atoms with van der Waals surface area (Å²) in [6.07, 6.45) is 0.394. The van der Waals surface area contributed by atoms with Gasteiger partial charge in [0.15, 0.2) is 11.5 Å². The highest BCUT2D eigenvalue weighted by atomic mass is 35.5. The normalized spacial score (nSPS) is 11.2. The minimum absolute atomic E-state index is 0.00237. The van der Waals surface area contributed by atoms with Crippen LogP contribution in [0.25, 0.3) is 21.8 Å². The van der Waals surface area contributed by atoms with E-state index in [0.717, 1.165) is 66.9 Å². The van der Waals surface area contributed by atoms with Crippen LogP contribution >= 0.6 is 23.2 Å². The number of H-pyrrole nitrogens is 2. The first kappa shape index (κ1) is 44.4. The van der Waals surface area contributed by atoms with Crippen molar-refractivity contribution in [2.24, 2.45) is 0 Å². The van der Waals surface area contributed by atoms with Crippen LogP contribution in [-0.4, -0.2) is 44.5 Å². The van der Waals surface area contributed by atoms with E-state index in [1.54, 1.807) is 18.2 Å². The van der Waals surface area contributed by atoms with Crippen LogP contribution in [-0.2, 0) is 41.9 Å². The Balaban J connectivity index is 0.000000218. The topological polar surface area (TPSA) is 175 Å². The van der Waals surface area contributed by atoms with Crippen LogP contribution < -0.4 is 19.9 Å². The monoisotopic (exact) mass is 884 g/mol. The molecule has 0 atom stereocenters. The van der Waals surface area contributed by atoms with Crippen molar-refractivity contribution in [2.75, 3.05) is 24.7 Å². The van der Waals surface area contributed by atoms with Crippen molar-refractivity contribution >= 4 is 78.3 Å². The van der Waals surface area contributed by atoms with Crippen LogP contribution in [0.2, 0.25) is 10.0 Å².